The third-order valence-corrected chi connectivity index (χ3v) is 3.99. The molecular weight excluding hydrogens is 417 g/mol. The predicted octanol–water partition coefficient (Wildman–Crippen LogP) is 4.21. The number of nitrogens with zero attached hydrogens (tertiary/aromatic N) is 2. The van der Waals surface area contributed by atoms with Crippen molar-refractivity contribution in [3.63, 3.8) is 0 Å². The summed E-state index contributed by atoms with van der Waals surface area (Å²) in [5.41, 5.74) is 0.854. The van der Waals surface area contributed by atoms with Crippen molar-refractivity contribution in [3.05, 3.63) is 41.6 Å². The van der Waals surface area contributed by atoms with Gasteiger partial charge in [0.15, 0.2) is 6.61 Å². The number of alkyl halides is 3. The highest BCUT2D eigenvalue weighted by atomic mass is 19.4. The minimum atomic E-state index is -4.50. The Morgan fingerprint density at radius 2 is 2.06 bits per heavy atom. The van der Waals surface area contributed by atoms with Gasteiger partial charge in [0.1, 0.15) is 18.1 Å². The van der Waals surface area contributed by atoms with Crippen LogP contribution in [0.5, 0.6) is 11.8 Å². The number of hydrogen-bond acceptors (Lipinski definition) is 7. The molecule has 0 aliphatic rings. The molecule has 2 rings (SSSR count). The molecule has 1 amide bonds. The average molecular weight is 446 g/mol. The van der Waals surface area contributed by atoms with E-state index in [0.717, 1.165) is 12.0 Å². The lowest BCUT2D eigenvalue weighted by Crippen LogP contribution is -2.27. The molecule has 0 bridgehead atoms. The van der Waals surface area contributed by atoms with Crippen LogP contribution in [-0.4, -0.2) is 49.1 Å². The van der Waals surface area contributed by atoms with Gasteiger partial charge in [0.05, 0.1) is 13.2 Å². The molecule has 0 radical (unpaired) electrons. The first-order valence-electron chi connectivity index (χ1n) is 9.56. The van der Waals surface area contributed by atoms with E-state index in [1.54, 1.807) is 25.3 Å². The molecule has 2 heterocycles. The lowest BCUT2D eigenvalue weighted by molar-refractivity contribution is -0.154. The van der Waals surface area contributed by atoms with Gasteiger partial charge in [-0.25, -0.2) is 4.98 Å². The molecule has 8 nitrogen and oxygen atoms in total. The molecule has 0 fully saturated rings. The highest BCUT2D eigenvalue weighted by Crippen LogP contribution is 2.23. The van der Waals surface area contributed by atoms with Crippen LogP contribution in [-0.2, 0) is 4.74 Å². The van der Waals surface area contributed by atoms with E-state index >= 15 is 0 Å². The van der Waals surface area contributed by atoms with E-state index < -0.39 is 24.7 Å². The fourth-order valence-electron chi connectivity index (χ4n) is 2.50. The molecule has 0 aromatic carbocycles. The normalized spacial score (nSPS) is 12.2. The van der Waals surface area contributed by atoms with Crippen molar-refractivity contribution in [1.29, 1.82) is 0 Å². The first kappa shape index (κ1) is 24.2. The van der Waals surface area contributed by atoms with Crippen molar-refractivity contribution in [2.24, 2.45) is 0 Å². The zero-order valence-corrected chi connectivity index (χ0v) is 17.5. The summed E-state index contributed by atoms with van der Waals surface area (Å²) in [6.45, 7) is 3.25. The van der Waals surface area contributed by atoms with Crippen molar-refractivity contribution >= 4 is 11.7 Å². The van der Waals surface area contributed by atoms with Gasteiger partial charge in [-0.05, 0) is 37.1 Å². The lowest BCUT2D eigenvalue weighted by atomic mass is 10.1. The van der Waals surface area contributed by atoms with Crippen molar-refractivity contribution in [3.8, 4) is 11.8 Å². The van der Waals surface area contributed by atoms with Gasteiger partial charge >= 0.3 is 6.18 Å². The largest absolute Gasteiger partial charge is 0.480 e. The van der Waals surface area contributed by atoms with E-state index in [1.165, 1.54) is 19.2 Å². The number of amides is 1. The number of carbonyl (C=O) groups excluding carboxylic acids is 1. The second kappa shape index (κ2) is 11.3. The van der Waals surface area contributed by atoms with E-state index in [4.69, 9.17) is 9.47 Å². The Kier molecular flexibility index (Phi) is 8.86. The van der Waals surface area contributed by atoms with Gasteiger partial charge in [-0.2, -0.15) is 18.2 Å². The number of methoxy groups -OCH3 is 1. The Morgan fingerprint density at radius 3 is 2.74 bits per heavy atom. The molecule has 1 atom stereocenters. The molecule has 0 aliphatic carbocycles. The van der Waals surface area contributed by atoms with E-state index in [-0.39, 0.29) is 20.2 Å². The number of anilines is 1. The lowest BCUT2D eigenvalue weighted by Gasteiger charge is -2.17. The Labute approximate surface area is 181 Å². The second-order valence-corrected chi connectivity index (χ2v) is 6.51. The summed E-state index contributed by atoms with van der Waals surface area (Å²) in [6.07, 6.45) is -1.98. The van der Waals surface area contributed by atoms with Crippen LogP contribution in [0.2, 0.25) is 0 Å². The maximum Gasteiger partial charge on any atom is 0.422 e. The quantitative estimate of drug-likeness (QED) is 0.394. The first-order chi connectivity index (χ1) is 14.7. The summed E-state index contributed by atoms with van der Waals surface area (Å²) >= 11 is 0. The number of carbonyl (C=O) groups is 1. The van der Waals surface area contributed by atoms with Gasteiger partial charge in [-0.15, -0.1) is 0 Å². The van der Waals surface area contributed by atoms with E-state index in [0.29, 0.717) is 19.2 Å². The Morgan fingerprint density at radius 1 is 1.29 bits per heavy atom. The molecule has 2 aromatic heterocycles. The van der Waals surface area contributed by atoms with Gasteiger partial charge < -0.3 is 24.8 Å². The molecule has 174 valence electrons. The number of ether oxygens (including phenoxy) is 3. The number of pyridine rings is 2. The topological polar surface area (TPSA) is 94.6 Å². The zero-order chi connectivity index (χ0) is 22.9. The van der Waals surface area contributed by atoms with E-state index in [9.17, 15) is 18.0 Å². The fourth-order valence-corrected chi connectivity index (χ4v) is 2.50. The average Bonchev–Trinajstić information content (AvgIpc) is 2.74. The number of aromatic nitrogens is 2. The van der Waals surface area contributed by atoms with Gasteiger partial charge in [0, 0.05) is 21.7 Å². The predicted molar refractivity (Wildman–Crippen MR) is 111 cm³/mol. The van der Waals surface area contributed by atoms with Crippen LogP contribution in [0, 0.1) is 0 Å². The van der Waals surface area contributed by atoms with E-state index in [1.807, 2.05) is 6.92 Å². The molecule has 2 N–H and O–H groups in total. The van der Waals surface area contributed by atoms with Crippen molar-refractivity contribution in [2.45, 2.75) is 32.5 Å². The van der Waals surface area contributed by atoms with Crippen LogP contribution in [0.4, 0.5) is 19.0 Å². The Hall–Kier alpha value is -3.08. The van der Waals surface area contributed by atoms with Crippen LogP contribution in [0.25, 0.3) is 0 Å². The highest BCUT2D eigenvalue weighted by Gasteiger charge is 2.29. The minimum absolute atomic E-state index is 0. The molecular formula is C20H29F3N4O4. The standard InChI is InChI=1S/C20H25F3N4O4.2H2/c1-4-9-30-12-25-16-10-14(7-8-24-16)13(2)26-18(28)15-5-6-17(27-19(15)29-3)31-11-20(21,22)23;;/h5-8,10,13H,4,9,11-12H2,1-3H3,(H,24,25)(H,26,28);2*1H. The SMILES string of the molecule is CCCOCNc1cc(C(C)NC(=O)c2ccc(OCC(F)(F)F)nc2OC)ccn1.[HH].[HH]. The molecule has 31 heavy (non-hydrogen) atoms. The smallest absolute Gasteiger partial charge is 0.422 e. The fraction of sp³-hybridized carbons (Fsp3) is 0.450. The molecule has 0 saturated carbocycles. The molecule has 0 aliphatic heterocycles. The molecule has 11 heteroatoms. The van der Waals surface area contributed by atoms with Crippen molar-refractivity contribution in [2.75, 3.05) is 32.4 Å². The maximum atomic E-state index is 12.7. The molecule has 2 aromatic rings. The maximum absolute atomic E-state index is 12.7. The van der Waals surface area contributed by atoms with E-state index in [2.05, 4.69) is 25.3 Å². The summed E-state index contributed by atoms with van der Waals surface area (Å²) in [4.78, 5) is 20.7. The summed E-state index contributed by atoms with van der Waals surface area (Å²) in [5.74, 6) is -0.347. The van der Waals surface area contributed by atoms with Crippen molar-refractivity contribution in [1.82, 2.24) is 15.3 Å². The molecule has 0 spiro atoms. The Balaban J connectivity index is 0.00000512. The summed E-state index contributed by atoms with van der Waals surface area (Å²) in [6, 6.07) is 5.62. The number of nitrogens with one attached hydrogen (secondary N) is 2. The highest BCUT2D eigenvalue weighted by molar-refractivity contribution is 5.96. The summed E-state index contributed by atoms with van der Waals surface area (Å²) < 4.78 is 51.9. The first-order valence-corrected chi connectivity index (χ1v) is 9.56. The van der Waals surface area contributed by atoms with Gasteiger partial charge in [0.2, 0.25) is 11.8 Å². The summed E-state index contributed by atoms with van der Waals surface area (Å²) in [5, 5.41) is 5.84. The van der Waals surface area contributed by atoms with Gasteiger partial charge in [0.25, 0.3) is 5.91 Å². The van der Waals surface area contributed by atoms with Crippen LogP contribution < -0.4 is 20.1 Å². The van der Waals surface area contributed by atoms with Crippen LogP contribution >= 0.6 is 0 Å². The third kappa shape index (κ3) is 7.93. The van der Waals surface area contributed by atoms with Gasteiger partial charge in [-0.1, -0.05) is 6.92 Å². The third-order valence-electron chi connectivity index (χ3n) is 3.99. The number of halogens is 3. The van der Waals surface area contributed by atoms with Crippen LogP contribution in [0.1, 0.15) is 45.1 Å². The molecule has 1 unspecified atom stereocenters. The summed E-state index contributed by atoms with van der Waals surface area (Å²) in [7, 11) is 1.26. The monoisotopic (exact) mass is 446 g/mol. The zero-order valence-electron chi connectivity index (χ0n) is 17.5. The van der Waals surface area contributed by atoms with Crippen LogP contribution in [0.15, 0.2) is 30.5 Å². The van der Waals surface area contributed by atoms with Gasteiger partial charge in [-0.3, -0.25) is 4.79 Å². The Bertz CT molecular complexity index is 875. The molecule has 0 saturated heterocycles. The minimum Gasteiger partial charge on any atom is -0.480 e. The number of rotatable bonds is 11. The van der Waals surface area contributed by atoms with Crippen LogP contribution in [0.3, 0.4) is 0 Å². The number of hydrogen-bond donors (Lipinski definition) is 2. The second-order valence-electron chi connectivity index (χ2n) is 6.51. The van der Waals surface area contributed by atoms with Crippen molar-refractivity contribution < 1.29 is 35.0 Å².